The van der Waals surface area contributed by atoms with Gasteiger partial charge < -0.3 is 5.32 Å². The van der Waals surface area contributed by atoms with Crippen LogP contribution in [0, 0.1) is 0 Å². The zero-order chi connectivity index (χ0) is 8.91. The van der Waals surface area contributed by atoms with Crippen LogP contribution < -0.4 is 5.32 Å². The Bertz CT molecular complexity index is 243. The smallest absolute Gasteiger partial charge is 0.234 e. The molecule has 0 saturated carbocycles. The third kappa shape index (κ3) is 4.55. The Morgan fingerprint density at radius 1 is 1.64 bits per heavy atom. The summed E-state index contributed by atoms with van der Waals surface area (Å²) in [6.45, 7) is 3.27. The molecule has 0 rings (SSSR count). The number of nitrogens with one attached hydrogen (secondary N) is 1. The fourth-order valence-electron chi connectivity index (χ4n) is 0.510. The van der Waals surface area contributed by atoms with Crippen molar-refractivity contribution in [2.75, 3.05) is 18.6 Å². The van der Waals surface area contributed by atoms with Crippen LogP contribution in [0.2, 0.25) is 0 Å². The van der Waals surface area contributed by atoms with E-state index in [1.54, 1.807) is 0 Å². The van der Waals surface area contributed by atoms with Gasteiger partial charge in [0.25, 0.3) is 0 Å². The first-order valence-electron chi connectivity index (χ1n) is 3.03. The summed E-state index contributed by atoms with van der Waals surface area (Å²) in [5.41, 5.74) is 0. The van der Waals surface area contributed by atoms with E-state index in [4.69, 9.17) is 0 Å². The lowest BCUT2D eigenvalue weighted by molar-refractivity contribution is -0.118. The van der Waals surface area contributed by atoms with Gasteiger partial charge in [-0.05, 0) is 0 Å². The Labute approximate surface area is 66.2 Å². The Hall–Kier alpha value is -0.840. The van der Waals surface area contributed by atoms with Gasteiger partial charge in [-0.15, -0.1) is 6.58 Å². The molecule has 4 nitrogen and oxygen atoms in total. The molecule has 0 aliphatic heterocycles. The summed E-state index contributed by atoms with van der Waals surface area (Å²) in [5, 5.41) is 2.23. The fraction of sp³-hybridized carbons (Fsp3) is 0.500. The molecule has 5 heteroatoms. The number of hydrogen-bond acceptors (Lipinski definition) is 3. The van der Waals surface area contributed by atoms with E-state index in [0.29, 0.717) is 0 Å². The quantitative estimate of drug-likeness (QED) is 0.579. The summed E-state index contributed by atoms with van der Waals surface area (Å²) in [6, 6.07) is 0. The van der Waals surface area contributed by atoms with Crippen molar-refractivity contribution >= 4 is 15.7 Å². The van der Waals surface area contributed by atoms with Gasteiger partial charge in [0.15, 0.2) is 9.84 Å². The second kappa shape index (κ2) is 4.12. The van der Waals surface area contributed by atoms with Crippen LogP contribution in [0.25, 0.3) is 0 Å². The largest absolute Gasteiger partial charge is 0.358 e. The third-order valence-electron chi connectivity index (χ3n) is 1.00. The van der Waals surface area contributed by atoms with Gasteiger partial charge >= 0.3 is 0 Å². The molecular weight excluding hydrogens is 166 g/mol. The first kappa shape index (κ1) is 10.2. The van der Waals surface area contributed by atoms with Gasteiger partial charge in [-0.2, -0.15) is 0 Å². The lowest BCUT2D eigenvalue weighted by atomic mass is 10.7. The summed E-state index contributed by atoms with van der Waals surface area (Å²) in [4.78, 5) is 10.6. The molecule has 0 aliphatic rings. The van der Waals surface area contributed by atoms with E-state index in [1.165, 1.54) is 13.1 Å². The molecule has 11 heavy (non-hydrogen) atoms. The molecule has 0 heterocycles. The van der Waals surface area contributed by atoms with Crippen LogP contribution in [-0.2, 0) is 14.6 Å². The van der Waals surface area contributed by atoms with Crippen LogP contribution in [0.1, 0.15) is 0 Å². The van der Waals surface area contributed by atoms with E-state index < -0.39 is 21.5 Å². The van der Waals surface area contributed by atoms with Crippen molar-refractivity contribution in [3.8, 4) is 0 Å². The molecule has 0 aromatic heterocycles. The van der Waals surface area contributed by atoms with Crippen molar-refractivity contribution in [3.63, 3.8) is 0 Å². The van der Waals surface area contributed by atoms with Gasteiger partial charge in [-0.25, -0.2) is 8.42 Å². The minimum absolute atomic E-state index is 0.152. The highest BCUT2D eigenvalue weighted by atomic mass is 32.2. The standard InChI is InChI=1S/C6H11NO3S/c1-3-4-11(9,10)5-6(8)7-2/h3H,1,4-5H2,2H3,(H,7,8). The second-order valence-electron chi connectivity index (χ2n) is 2.02. The predicted molar refractivity (Wildman–Crippen MR) is 42.9 cm³/mol. The number of rotatable bonds is 4. The average Bonchev–Trinajstić information content (AvgIpc) is 1.86. The van der Waals surface area contributed by atoms with Crippen molar-refractivity contribution in [2.45, 2.75) is 0 Å². The van der Waals surface area contributed by atoms with Gasteiger partial charge in [0.05, 0.1) is 5.75 Å². The third-order valence-corrected chi connectivity index (χ3v) is 2.45. The van der Waals surface area contributed by atoms with Crippen molar-refractivity contribution in [1.29, 1.82) is 0 Å². The lowest BCUT2D eigenvalue weighted by Gasteiger charge is -1.98. The van der Waals surface area contributed by atoms with Crippen LogP contribution in [0.15, 0.2) is 12.7 Å². The molecule has 0 aromatic carbocycles. The number of hydrogen-bond donors (Lipinski definition) is 1. The minimum Gasteiger partial charge on any atom is -0.358 e. The maximum Gasteiger partial charge on any atom is 0.234 e. The molecule has 0 aliphatic carbocycles. The van der Waals surface area contributed by atoms with Crippen LogP contribution in [0.4, 0.5) is 0 Å². The van der Waals surface area contributed by atoms with Gasteiger partial charge in [-0.3, -0.25) is 4.79 Å². The normalized spacial score (nSPS) is 10.6. The summed E-state index contributed by atoms with van der Waals surface area (Å²) in [5.74, 6) is -1.11. The summed E-state index contributed by atoms with van der Waals surface area (Å²) >= 11 is 0. The van der Waals surface area contributed by atoms with Crippen molar-refractivity contribution < 1.29 is 13.2 Å². The van der Waals surface area contributed by atoms with E-state index in [2.05, 4.69) is 11.9 Å². The molecule has 1 amide bonds. The van der Waals surface area contributed by atoms with E-state index in [9.17, 15) is 13.2 Å². The maximum absolute atomic E-state index is 10.9. The zero-order valence-electron chi connectivity index (χ0n) is 6.33. The molecule has 0 unspecified atom stereocenters. The van der Waals surface area contributed by atoms with Crippen LogP contribution >= 0.6 is 0 Å². The Kier molecular flexibility index (Phi) is 3.81. The van der Waals surface area contributed by atoms with Gasteiger partial charge in [0.1, 0.15) is 5.75 Å². The highest BCUT2D eigenvalue weighted by molar-refractivity contribution is 7.92. The predicted octanol–water partition coefficient (Wildman–Crippen LogP) is -0.667. The summed E-state index contributed by atoms with van der Waals surface area (Å²) in [6.07, 6.45) is 1.26. The van der Waals surface area contributed by atoms with Crippen LogP contribution in [0.5, 0.6) is 0 Å². The first-order chi connectivity index (χ1) is 5.02. The SMILES string of the molecule is C=CCS(=O)(=O)CC(=O)NC. The monoisotopic (exact) mass is 177 g/mol. The maximum atomic E-state index is 10.9. The minimum atomic E-state index is -3.27. The topological polar surface area (TPSA) is 63.2 Å². The van der Waals surface area contributed by atoms with Crippen molar-refractivity contribution in [3.05, 3.63) is 12.7 Å². The second-order valence-corrected chi connectivity index (χ2v) is 4.13. The molecule has 1 N–H and O–H groups in total. The number of amides is 1. The molecule has 0 spiro atoms. The molecule has 0 fully saturated rings. The Morgan fingerprint density at radius 2 is 2.18 bits per heavy atom. The highest BCUT2D eigenvalue weighted by Crippen LogP contribution is 1.89. The molecular formula is C6H11NO3S. The van der Waals surface area contributed by atoms with Gasteiger partial charge in [0.2, 0.25) is 5.91 Å². The molecule has 0 aromatic rings. The van der Waals surface area contributed by atoms with E-state index in [0.717, 1.165) is 0 Å². The van der Waals surface area contributed by atoms with E-state index in [1.807, 2.05) is 0 Å². The average molecular weight is 177 g/mol. The number of carbonyl (C=O) groups excluding carboxylic acids is 1. The van der Waals surface area contributed by atoms with Crippen LogP contribution in [0.3, 0.4) is 0 Å². The molecule has 0 atom stereocenters. The summed E-state index contributed by atoms with van der Waals surface area (Å²) < 4.78 is 21.7. The van der Waals surface area contributed by atoms with E-state index >= 15 is 0 Å². The van der Waals surface area contributed by atoms with Crippen molar-refractivity contribution in [1.82, 2.24) is 5.32 Å². The first-order valence-corrected chi connectivity index (χ1v) is 4.86. The highest BCUT2D eigenvalue weighted by Gasteiger charge is 2.12. The Balaban J connectivity index is 4.13. The number of sulfone groups is 1. The van der Waals surface area contributed by atoms with Crippen molar-refractivity contribution in [2.24, 2.45) is 0 Å². The van der Waals surface area contributed by atoms with Gasteiger partial charge in [0, 0.05) is 7.05 Å². The summed E-state index contributed by atoms with van der Waals surface area (Å²) in [7, 11) is -1.88. The number of carbonyl (C=O) groups is 1. The zero-order valence-corrected chi connectivity index (χ0v) is 7.15. The van der Waals surface area contributed by atoms with Gasteiger partial charge in [-0.1, -0.05) is 6.08 Å². The fourth-order valence-corrected chi connectivity index (χ4v) is 1.53. The van der Waals surface area contributed by atoms with Crippen LogP contribution in [-0.4, -0.2) is 32.9 Å². The molecule has 0 radical (unpaired) electrons. The lowest BCUT2D eigenvalue weighted by Crippen LogP contribution is -2.27. The van der Waals surface area contributed by atoms with E-state index in [-0.39, 0.29) is 5.75 Å². The molecule has 0 saturated heterocycles. The Morgan fingerprint density at radius 3 is 2.55 bits per heavy atom. The molecule has 64 valence electrons. The molecule has 0 bridgehead atoms.